The normalized spacial score (nSPS) is 10.6. The van der Waals surface area contributed by atoms with Crippen molar-refractivity contribution >= 4 is 18.0 Å². The van der Waals surface area contributed by atoms with E-state index in [1.807, 2.05) is 20.8 Å². The van der Waals surface area contributed by atoms with Crippen LogP contribution in [0, 0.1) is 0 Å². The maximum absolute atomic E-state index is 12.3. The van der Waals surface area contributed by atoms with Crippen LogP contribution < -0.4 is 19.6 Å². The summed E-state index contributed by atoms with van der Waals surface area (Å²) in [5.41, 5.74) is 3.57. The minimum absolute atomic E-state index is 0.0653. The predicted octanol–water partition coefficient (Wildman–Crippen LogP) is 3.11. The van der Waals surface area contributed by atoms with Gasteiger partial charge in [-0.25, -0.2) is 5.43 Å². The summed E-state index contributed by atoms with van der Waals surface area (Å²) in [6, 6.07) is 12.1. The van der Waals surface area contributed by atoms with Crippen LogP contribution >= 0.6 is 0 Å². The summed E-state index contributed by atoms with van der Waals surface area (Å²) < 4.78 is 16.5. The molecule has 0 saturated heterocycles. The van der Waals surface area contributed by atoms with E-state index >= 15 is 0 Å². The number of rotatable bonds is 11. The number of carbonyl (C=O) groups excluding carboxylic acids is 2. The highest BCUT2D eigenvalue weighted by atomic mass is 16.5. The molecule has 0 aliphatic carbocycles. The van der Waals surface area contributed by atoms with Crippen LogP contribution in [0.1, 0.15) is 36.7 Å². The van der Waals surface area contributed by atoms with Gasteiger partial charge in [-0.15, -0.1) is 0 Å². The van der Waals surface area contributed by atoms with Crippen molar-refractivity contribution in [3.63, 3.8) is 0 Å². The molecular weight excluding hydrogens is 398 g/mol. The molecular formula is C23H29N3O5. The van der Waals surface area contributed by atoms with Gasteiger partial charge in [0.05, 0.1) is 25.5 Å². The summed E-state index contributed by atoms with van der Waals surface area (Å²) >= 11 is 0. The third-order valence-electron chi connectivity index (χ3n) is 4.47. The van der Waals surface area contributed by atoms with Crippen LogP contribution in [-0.4, -0.2) is 56.3 Å². The Morgan fingerprint density at radius 3 is 2.42 bits per heavy atom. The molecule has 2 aromatic rings. The molecule has 1 N–H and O–H groups in total. The van der Waals surface area contributed by atoms with E-state index in [1.54, 1.807) is 47.4 Å². The fraction of sp³-hybridized carbons (Fsp3) is 0.348. The SMILES string of the molecule is CCOc1cc(/C=N/NC(=O)c2ccccc2OC)ccc1OCC(=O)N(CC)CC. The molecule has 0 heterocycles. The molecule has 0 aromatic heterocycles. The van der Waals surface area contributed by atoms with Gasteiger partial charge >= 0.3 is 0 Å². The number of likely N-dealkylation sites (N-methyl/N-ethyl adjacent to an activating group) is 1. The summed E-state index contributed by atoms with van der Waals surface area (Å²) in [6.45, 7) is 7.34. The first-order valence-electron chi connectivity index (χ1n) is 10.2. The molecule has 2 rings (SSSR count). The lowest BCUT2D eigenvalue weighted by molar-refractivity contribution is -0.133. The average Bonchev–Trinajstić information content (AvgIpc) is 2.79. The van der Waals surface area contributed by atoms with Gasteiger partial charge in [0.15, 0.2) is 18.1 Å². The zero-order chi connectivity index (χ0) is 22.6. The fourth-order valence-corrected chi connectivity index (χ4v) is 2.86. The van der Waals surface area contributed by atoms with E-state index in [0.29, 0.717) is 48.1 Å². The summed E-state index contributed by atoms with van der Waals surface area (Å²) in [7, 11) is 1.50. The maximum Gasteiger partial charge on any atom is 0.275 e. The summed E-state index contributed by atoms with van der Waals surface area (Å²) in [5, 5.41) is 4.01. The Kier molecular flexibility index (Phi) is 9.35. The molecule has 2 amide bonds. The number of amides is 2. The van der Waals surface area contributed by atoms with Crippen LogP contribution in [0.25, 0.3) is 0 Å². The second-order valence-electron chi connectivity index (χ2n) is 6.39. The Morgan fingerprint density at radius 1 is 1.00 bits per heavy atom. The molecule has 0 aliphatic rings. The molecule has 0 spiro atoms. The first-order valence-corrected chi connectivity index (χ1v) is 10.2. The number of benzene rings is 2. The molecule has 0 bridgehead atoms. The average molecular weight is 428 g/mol. The van der Waals surface area contributed by atoms with Crippen molar-refractivity contribution in [2.75, 3.05) is 33.4 Å². The highest BCUT2D eigenvalue weighted by Gasteiger charge is 2.13. The summed E-state index contributed by atoms with van der Waals surface area (Å²) in [6.07, 6.45) is 1.50. The van der Waals surface area contributed by atoms with Crippen molar-refractivity contribution in [1.82, 2.24) is 10.3 Å². The van der Waals surface area contributed by atoms with Crippen molar-refractivity contribution in [3.05, 3.63) is 53.6 Å². The van der Waals surface area contributed by atoms with E-state index in [9.17, 15) is 9.59 Å². The molecule has 0 aliphatic heterocycles. The molecule has 2 aromatic carbocycles. The zero-order valence-corrected chi connectivity index (χ0v) is 18.4. The van der Waals surface area contributed by atoms with Gasteiger partial charge in [0.1, 0.15) is 5.75 Å². The minimum Gasteiger partial charge on any atom is -0.496 e. The molecule has 0 unspecified atom stereocenters. The first kappa shape index (κ1) is 23.7. The van der Waals surface area contributed by atoms with Gasteiger partial charge in [-0.1, -0.05) is 12.1 Å². The number of hydrazone groups is 1. The number of nitrogens with zero attached hydrogens (tertiary/aromatic N) is 2. The first-order chi connectivity index (χ1) is 15.0. The van der Waals surface area contributed by atoms with E-state index in [2.05, 4.69) is 10.5 Å². The van der Waals surface area contributed by atoms with Gasteiger partial charge in [0, 0.05) is 13.1 Å². The smallest absolute Gasteiger partial charge is 0.275 e. The second-order valence-corrected chi connectivity index (χ2v) is 6.39. The lowest BCUT2D eigenvalue weighted by Crippen LogP contribution is -2.34. The van der Waals surface area contributed by atoms with Crippen molar-refractivity contribution in [2.24, 2.45) is 5.10 Å². The number of hydrogen-bond donors (Lipinski definition) is 1. The molecule has 0 radical (unpaired) electrons. The van der Waals surface area contributed by atoms with Crippen molar-refractivity contribution in [2.45, 2.75) is 20.8 Å². The van der Waals surface area contributed by atoms with Crippen LogP contribution in [0.5, 0.6) is 17.2 Å². The second kappa shape index (κ2) is 12.2. The predicted molar refractivity (Wildman–Crippen MR) is 119 cm³/mol. The Balaban J connectivity index is 2.06. The summed E-state index contributed by atoms with van der Waals surface area (Å²) in [4.78, 5) is 26.2. The minimum atomic E-state index is -0.381. The number of methoxy groups -OCH3 is 1. The van der Waals surface area contributed by atoms with E-state index < -0.39 is 0 Å². The Labute approximate surface area is 182 Å². The third-order valence-corrected chi connectivity index (χ3v) is 4.47. The van der Waals surface area contributed by atoms with Gasteiger partial charge in [0.2, 0.25) is 0 Å². The standard InChI is InChI=1S/C23H29N3O5/c1-5-26(6-2)22(27)16-31-20-13-12-17(14-21(20)30-7-3)15-24-25-23(28)18-10-8-9-11-19(18)29-4/h8-15H,5-7,16H2,1-4H3,(H,25,28)/b24-15+. The fourth-order valence-electron chi connectivity index (χ4n) is 2.86. The third kappa shape index (κ3) is 6.74. The molecule has 8 heteroatoms. The van der Waals surface area contributed by atoms with E-state index in [1.165, 1.54) is 13.3 Å². The number of nitrogens with one attached hydrogen (secondary N) is 1. The van der Waals surface area contributed by atoms with Gasteiger partial charge in [-0.2, -0.15) is 5.10 Å². The monoisotopic (exact) mass is 427 g/mol. The maximum atomic E-state index is 12.3. The Bertz CT molecular complexity index is 910. The number of hydrogen-bond acceptors (Lipinski definition) is 6. The number of ether oxygens (including phenoxy) is 3. The zero-order valence-electron chi connectivity index (χ0n) is 18.4. The summed E-state index contributed by atoms with van der Waals surface area (Å²) in [5.74, 6) is 0.966. The van der Waals surface area contributed by atoms with Gasteiger partial charge in [0.25, 0.3) is 11.8 Å². The van der Waals surface area contributed by atoms with Crippen LogP contribution in [0.2, 0.25) is 0 Å². The van der Waals surface area contributed by atoms with Crippen molar-refractivity contribution in [3.8, 4) is 17.2 Å². The molecule has 31 heavy (non-hydrogen) atoms. The largest absolute Gasteiger partial charge is 0.496 e. The molecule has 8 nitrogen and oxygen atoms in total. The van der Waals surface area contributed by atoms with Crippen LogP contribution in [0.4, 0.5) is 0 Å². The van der Waals surface area contributed by atoms with E-state index in [-0.39, 0.29) is 18.4 Å². The Hall–Kier alpha value is -3.55. The molecule has 0 atom stereocenters. The number of carbonyl (C=O) groups is 2. The van der Waals surface area contributed by atoms with Crippen molar-refractivity contribution < 1.29 is 23.8 Å². The van der Waals surface area contributed by atoms with Crippen LogP contribution in [-0.2, 0) is 4.79 Å². The topological polar surface area (TPSA) is 89.5 Å². The highest BCUT2D eigenvalue weighted by molar-refractivity contribution is 5.97. The molecule has 0 saturated carbocycles. The van der Waals surface area contributed by atoms with E-state index in [0.717, 1.165) is 0 Å². The number of para-hydroxylation sites is 1. The molecule has 0 fully saturated rings. The molecule has 166 valence electrons. The van der Waals surface area contributed by atoms with E-state index in [4.69, 9.17) is 14.2 Å². The van der Waals surface area contributed by atoms with Gasteiger partial charge in [-0.3, -0.25) is 9.59 Å². The Morgan fingerprint density at radius 2 is 1.74 bits per heavy atom. The lowest BCUT2D eigenvalue weighted by Gasteiger charge is -2.19. The van der Waals surface area contributed by atoms with Crippen LogP contribution in [0.15, 0.2) is 47.6 Å². The van der Waals surface area contributed by atoms with Crippen LogP contribution in [0.3, 0.4) is 0 Å². The lowest BCUT2D eigenvalue weighted by atomic mass is 10.2. The van der Waals surface area contributed by atoms with Crippen molar-refractivity contribution in [1.29, 1.82) is 0 Å². The van der Waals surface area contributed by atoms with Gasteiger partial charge < -0.3 is 19.1 Å². The van der Waals surface area contributed by atoms with Gasteiger partial charge in [-0.05, 0) is 56.7 Å². The highest BCUT2D eigenvalue weighted by Crippen LogP contribution is 2.28. The quantitative estimate of drug-likeness (QED) is 0.440.